The topological polar surface area (TPSA) is 90.5 Å². The first-order valence-corrected chi connectivity index (χ1v) is 7.99. The highest BCUT2D eigenvalue weighted by atomic mass is 19.1. The van der Waals surface area contributed by atoms with Gasteiger partial charge in [-0.3, -0.25) is 4.90 Å². The minimum atomic E-state index is -0.599. The highest BCUT2D eigenvalue weighted by Crippen LogP contribution is 2.30. The van der Waals surface area contributed by atoms with Gasteiger partial charge in [0.2, 0.25) is 0 Å². The molecule has 0 amide bonds. The Morgan fingerprint density at radius 1 is 1.16 bits per heavy atom. The van der Waals surface area contributed by atoms with Gasteiger partial charge in [-0.25, -0.2) is 18.7 Å². The molecular formula is C16H20F2N6O. The van der Waals surface area contributed by atoms with Crippen molar-refractivity contribution in [2.24, 2.45) is 0 Å². The fourth-order valence-electron chi connectivity index (χ4n) is 2.78. The normalized spacial score (nSPS) is 15.4. The maximum absolute atomic E-state index is 13.8. The van der Waals surface area contributed by atoms with Crippen LogP contribution in [0, 0.1) is 11.6 Å². The molecule has 134 valence electrons. The fourth-order valence-corrected chi connectivity index (χ4v) is 2.78. The minimum Gasteiger partial charge on any atom is -0.395 e. The first-order chi connectivity index (χ1) is 12.1. The van der Waals surface area contributed by atoms with Crippen LogP contribution in [0.1, 0.15) is 0 Å². The lowest BCUT2D eigenvalue weighted by molar-refractivity contribution is 0.188. The van der Waals surface area contributed by atoms with Crippen LogP contribution in [0.5, 0.6) is 0 Å². The van der Waals surface area contributed by atoms with Crippen molar-refractivity contribution in [2.75, 3.05) is 55.3 Å². The number of β-amino-alcohol motifs (C(OH)–C–C–N with tert-alkyl or cyclic N) is 1. The van der Waals surface area contributed by atoms with Crippen LogP contribution in [0.3, 0.4) is 0 Å². The molecule has 4 N–H and O–H groups in total. The van der Waals surface area contributed by atoms with Crippen molar-refractivity contribution < 1.29 is 13.9 Å². The molecule has 0 aliphatic carbocycles. The van der Waals surface area contributed by atoms with Gasteiger partial charge in [0, 0.05) is 38.8 Å². The molecule has 0 bridgehead atoms. The second-order valence-corrected chi connectivity index (χ2v) is 5.76. The minimum absolute atomic E-state index is 0.0379. The van der Waals surface area contributed by atoms with Crippen LogP contribution in [0.15, 0.2) is 24.5 Å². The third-order valence-corrected chi connectivity index (χ3v) is 4.13. The van der Waals surface area contributed by atoms with E-state index in [1.807, 2.05) is 4.90 Å². The average molecular weight is 350 g/mol. The lowest BCUT2D eigenvalue weighted by atomic mass is 10.2. The summed E-state index contributed by atoms with van der Waals surface area (Å²) in [6.07, 6.45) is 1.34. The summed E-state index contributed by atoms with van der Waals surface area (Å²) >= 11 is 0. The Morgan fingerprint density at radius 3 is 2.64 bits per heavy atom. The number of nitrogens with one attached hydrogen (secondary N) is 1. The van der Waals surface area contributed by atoms with Gasteiger partial charge in [-0.2, -0.15) is 0 Å². The first-order valence-electron chi connectivity index (χ1n) is 7.99. The van der Waals surface area contributed by atoms with Gasteiger partial charge < -0.3 is 21.1 Å². The van der Waals surface area contributed by atoms with Crippen molar-refractivity contribution in [3.05, 3.63) is 36.2 Å². The van der Waals surface area contributed by atoms with Crippen LogP contribution >= 0.6 is 0 Å². The first kappa shape index (κ1) is 17.3. The van der Waals surface area contributed by atoms with E-state index < -0.39 is 11.6 Å². The van der Waals surface area contributed by atoms with Gasteiger partial charge in [0.1, 0.15) is 23.6 Å². The van der Waals surface area contributed by atoms with Crippen molar-refractivity contribution in [3.63, 3.8) is 0 Å². The van der Waals surface area contributed by atoms with Gasteiger partial charge in [0.05, 0.1) is 12.3 Å². The number of piperazine rings is 1. The largest absolute Gasteiger partial charge is 0.395 e. The number of rotatable bonds is 5. The van der Waals surface area contributed by atoms with Gasteiger partial charge in [-0.05, 0) is 12.1 Å². The maximum Gasteiger partial charge on any atom is 0.159 e. The highest BCUT2D eigenvalue weighted by Gasteiger charge is 2.21. The molecule has 1 aromatic carbocycles. The SMILES string of the molecule is Nc1c(Nc2cc(F)ccc2F)ncnc1N1CCN(CCO)CC1. The van der Waals surface area contributed by atoms with E-state index >= 15 is 0 Å². The summed E-state index contributed by atoms with van der Waals surface area (Å²) in [5.41, 5.74) is 6.39. The van der Waals surface area contributed by atoms with Crippen molar-refractivity contribution in [2.45, 2.75) is 0 Å². The summed E-state index contributed by atoms with van der Waals surface area (Å²) in [6, 6.07) is 3.13. The Labute approximate surface area is 144 Å². The Kier molecular flexibility index (Phi) is 5.25. The molecule has 0 saturated carbocycles. The van der Waals surface area contributed by atoms with Crippen LogP contribution in [-0.4, -0.2) is 59.3 Å². The van der Waals surface area contributed by atoms with E-state index in [1.165, 1.54) is 6.33 Å². The molecule has 0 atom stereocenters. The van der Waals surface area contributed by atoms with Crippen LogP contribution in [0.2, 0.25) is 0 Å². The molecule has 1 fully saturated rings. The summed E-state index contributed by atoms with van der Waals surface area (Å²) in [4.78, 5) is 12.4. The number of halogens is 2. The highest BCUT2D eigenvalue weighted by molar-refractivity contribution is 5.78. The summed E-state index contributed by atoms with van der Waals surface area (Å²) in [7, 11) is 0. The molecule has 3 rings (SSSR count). The zero-order valence-corrected chi connectivity index (χ0v) is 13.6. The molecule has 0 spiro atoms. The number of hydrogen-bond donors (Lipinski definition) is 3. The lowest BCUT2D eigenvalue weighted by Gasteiger charge is -2.35. The van der Waals surface area contributed by atoms with Gasteiger partial charge >= 0.3 is 0 Å². The predicted octanol–water partition coefficient (Wildman–Crippen LogP) is 1.19. The lowest BCUT2D eigenvalue weighted by Crippen LogP contribution is -2.47. The molecule has 1 aliphatic heterocycles. The number of benzene rings is 1. The molecule has 0 unspecified atom stereocenters. The fraction of sp³-hybridized carbons (Fsp3) is 0.375. The van der Waals surface area contributed by atoms with Gasteiger partial charge in [0.25, 0.3) is 0 Å². The van der Waals surface area contributed by atoms with Crippen molar-refractivity contribution in [1.29, 1.82) is 0 Å². The Morgan fingerprint density at radius 2 is 1.92 bits per heavy atom. The smallest absolute Gasteiger partial charge is 0.159 e. The molecule has 7 nitrogen and oxygen atoms in total. The number of aromatic nitrogens is 2. The Balaban J connectivity index is 1.77. The van der Waals surface area contributed by atoms with E-state index in [0.29, 0.717) is 25.5 Å². The second kappa shape index (κ2) is 7.58. The number of nitrogens with two attached hydrogens (primary N) is 1. The second-order valence-electron chi connectivity index (χ2n) is 5.76. The molecule has 25 heavy (non-hydrogen) atoms. The number of nitrogens with zero attached hydrogens (tertiary/aromatic N) is 4. The Bertz CT molecular complexity index is 737. The standard InChI is InChI=1S/C16H20F2N6O/c17-11-1-2-12(18)13(9-11)22-15-14(19)16(21-10-20-15)24-5-3-23(4-6-24)7-8-25/h1-2,9-10,25H,3-8,19H2,(H,20,21,22). The van der Waals surface area contributed by atoms with Crippen molar-refractivity contribution in [1.82, 2.24) is 14.9 Å². The third-order valence-electron chi connectivity index (χ3n) is 4.13. The van der Waals surface area contributed by atoms with Gasteiger partial charge in [-0.15, -0.1) is 0 Å². The number of anilines is 4. The monoisotopic (exact) mass is 350 g/mol. The molecular weight excluding hydrogens is 330 g/mol. The molecule has 0 radical (unpaired) electrons. The van der Waals surface area contributed by atoms with Crippen LogP contribution in [-0.2, 0) is 0 Å². The Hall–Kier alpha value is -2.52. The molecule has 2 heterocycles. The van der Waals surface area contributed by atoms with E-state index in [0.717, 1.165) is 31.3 Å². The maximum atomic E-state index is 13.8. The van der Waals surface area contributed by atoms with E-state index in [2.05, 4.69) is 20.2 Å². The van der Waals surface area contributed by atoms with Crippen LogP contribution < -0.4 is 16.0 Å². The van der Waals surface area contributed by atoms with E-state index in [4.69, 9.17) is 10.8 Å². The zero-order valence-electron chi connectivity index (χ0n) is 13.6. The number of aliphatic hydroxyl groups excluding tert-OH is 1. The van der Waals surface area contributed by atoms with Gasteiger partial charge in [0.15, 0.2) is 11.6 Å². The number of nitrogen functional groups attached to an aromatic ring is 1. The van der Waals surface area contributed by atoms with Gasteiger partial charge in [-0.1, -0.05) is 0 Å². The number of aliphatic hydroxyl groups is 1. The molecule has 1 saturated heterocycles. The molecule has 9 heteroatoms. The van der Waals surface area contributed by atoms with Crippen molar-refractivity contribution >= 4 is 23.0 Å². The molecule has 1 aromatic heterocycles. The van der Waals surface area contributed by atoms with Crippen LogP contribution in [0.25, 0.3) is 0 Å². The molecule has 1 aliphatic rings. The van der Waals surface area contributed by atoms with E-state index in [1.54, 1.807) is 0 Å². The molecule has 2 aromatic rings. The summed E-state index contributed by atoms with van der Waals surface area (Å²) in [5, 5.41) is 11.7. The zero-order chi connectivity index (χ0) is 17.8. The van der Waals surface area contributed by atoms with E-state index in [9.17, 15) is 8.78 Å². The summed E-state index contributed by atoms with van der Waals surface area (Å²) in [5.74, 6) is -0.374. The van der Waals surface area contributed by atoms with Crippen molar-refractivity contribution in [3.8, 4) is 0 Å². The average Bonchev–Trinajstić information content (AvgIpc) is 2.61. The quantitative estimate of drug-likeness (QED) is 0.746. The summed E-state index contributed by atoms with van der Waals surface area (Å²) < 4.78 is 27.1. The van der Waals surface area contributed by atoms with Crippen LogP contribution in [0.4, 0.5) is 31.8 Å². The number of hydrogen-bond acceptors (Lipinski definition) is 7. The summed E-state index contributed by atoms with van der Waals surface area (Å²) in [6.45, 7) is 3.74. The third kappa shape index (κ3) is 3.94. The predicted molar refractivity (Wildman–Crippen MR) is 91.8 cm³/mol. The van der Waals surface area contributed by atoms with E-state index in [-0.39, 0.29) is 23.8 Å².